The molecule has 1 heterocycles. The van der Waals surface area contributed by atoms with Crippen molar-refractivity contribution in [3.05, 3.63) is 0 Å². The molecule has 1 saturated heterocycles. The van der Waals surface area contributed by atoms with E-state index < -0.39 is 10.0 Å². The summed E-state index contributed by atoms with van der Waals surface area (Å²) in [7, 11) is -3.14. The number of likely N-dealkylation sites (tertiary alicyclic amines) is 1. The van der Waals surface area contributed by atoms with Crippen molar-refractivity contribution >= 4 is 15.9 Å². The number of hydrogen-bond donors (Lipinski definition) is 1. The summed E-state index contributed by atoms with van der Waals surface area (Å²) >= 11 is 0. The molecule has 1 aliphatic rings. The lowest BCUT2D eigenvalue weighted by atomic mass is 9.90. The Hall–Kier alpha value is -0.620. The number of nitrogens with zero attached hydrogens (tertiary/aromatic N) is 1. The van der Waals surface area contributed by atoms with Crippen molar-refractivity contribution in [3.8, 4) is 0 Å². The number of sulfonamides is 1. The standard InChI is InChI=1S/C14H28N2O3S/c1-14(2,3)11-13(17)16-10-6-5-7-12(16)8-9-15-20(4,18)19/h12,15H,5-11H2,1-4H3. The van der Waals surface area contributed by atoms with Gasteiger partial charge in [-0.15, -0.1) is 0 Å². The second-order valence-electron chi connectivity index (χ2n) is 6.93. The monoisotopic (exact) mass is 304 g/mol. The first-order chi connectivity index (χ1) is 9.08. The van der Waals surface area contributed by atoms with Gasteiger partial charge in [0, 0.05) is 25.6 Å². The maximum Gasteiger partial charge on any atom is 0.223 e. The third-order valence-corrected chi connectivity index (χ3v) is 4.20. The van der Waals surface area contributed by atoms with Crippen LogP contribution in [0.25, 0.3) is 0 Å². The highest BCUT2D eigenvalue weighted by Gasteiger charge is 2.28. The number of carbonyl (C=O) groups excluding carboxylic acids is 1. The number of piperidine rings is 1. The average molecular weight is 304 g/mol. The molecule has 0 aromatic carbocycles. The molecule has 1 fully saturated rings. The first-order valence-electron chi connectivity index (χ1n) is 7.33. The van der Waals surface area contributed by atoms with Gasteiger partial charge in [0.15, 0.2) is 0 Å². The molecule has 118 valence electrons. The highest BCUT2D eigenvalue weighted by Crippen LogP contribution is 2.25. The molecule has 6 heteroatoms. The fourth-order valence-corrected chi connectivity index (χ4v) is 3.08. The van der Waals surface area contributed by atoms with Crippen LogP contribution in [-0.4, -0.2) is 44.6 Å². The molecule has 0 aromatic heterocycles. The number of carbonyl (C=O) groups is 1. The smallest absolute Gasteiger partial charge is 0.223 e. The molecule has 1 aliphatic heterocycles. The molecule has 0 aliphatic carbocycles. The Morgan fingerprint density at radius 1 is 1.30 bits per heavy atom. The topological polar surface area (TPSA) is 66.5 Å². The van der Waals surface area contributed by atoms with Gasteiger partial charge in [-0.3, -0.25) is 4.79 Å². The van der Waals surface area contributed by atoms with Gasteiger partial charge in [-0.2, -0.15) is 0 Å². The van der Waals surface area contributed by atoms with E-state index in [2.05, 4.69) is 25.5 Å². The maximum atomic E-state index is 12.4. The van der Waals surface area contributed by atoms with E-state index in [0.717, 1.165) is 32.1 Å². The highest BCUT2D eigenvalue weighted by molar-refractivity contribution is 7.88. The molecule has 1 atom stereocenters. The van der Waals surface area contributed by atoms with Crippen LogP contribution in [0.4, 0.5) is 0 Å². The zero-order valence-corrected chi connectivity index (χ0v) is 13.9. The molecule has 20 heavy (non-hydrogen) atoms. The van der Waals surface area contributed by atoms with Gasteiger partial charge >= 0.3 is 0 Å². The summed E-state index contributed by atoms with van der Waals surface area (Å²) in [5, 5.41) is 0. The van der Waals surface area contributed by atoms with Gasteiger partial charge in [0.05, 0.1) is 6.26 Å². The van der Waals surface area contributed by atoms with Crippen molar-refractivity contribution in [2.45, 2.75) is 58.9 Å². The largest absolute Gasteiger partial charge is 0.340 e. The van der Waals surface area contributed by atoms with Gasteiger partial charge in [0.1, 0.15) is 0 Å². The third-order valence-electron chi connectivity index (χ3n) is 3.47. The van der Waals surface area contributed by atoms with E-state index in [9.17, 15) is 13.2 Å². The van der Waals surface area contributed by atoms with Crippen LogP contribution < -0.4 is 4.72 Å². The molecule has 0 aromatic rings. The Balaban J connectivity index is 2.56. The second-order valence-corrected chi connectivity index (χ2v) is 8.76. The normalized spacial score (nSPS) is 21.0. The summed E-state index contributed by atoms with van der Waals surface area (Å²) < 4.78 is 24.7. The SMILES string of the molecule is CC(C)(C)CC(=O)N1CCCCC1CCNS(C)(=O)=O. The van der Waals surface area contributed by atoms with Crippen molar-refractivity contribution in [1.29, 1.82) is 0 Å². The summed E-state index contributed by atoms with van der Waals surface area (Å²) in [6, 6.07) is 0.174. The van der Waals surface area contributed by atoms with Crippen LogP contribution in [0.2, 0.25) is 0 Å². The second kappa shape index (κ2) is 6.89. The summed E-state index contributed by atoms with van der Waals surface area (Å²) in [5.41, 5.74) is -0.00983. The highest BCUT2D eigenvalue weighted by atomic mass is 32.2. The molecular weight excluding hydrogens is 276 g/mol. The Labute approximate surface area is 123 Å². The fraction of sp³-hybridized carbons (Fsp3) is 0.929. The number of hydrogen-bond acceptors (Lipinski definition) is 3. The van der Waals surface area contributed by atoms with Crippen LogP contribution in [-0.2, 0) is 14.8 Å². The van der Waals surface area contributed by atoms with Crippen molar-refractivity contribution in [2.75, 3.05) is 19.3 Å². The van der Waals surface area contributed by atoms with Gasteiger partial charge < -0.3 is 4.90 Å². The minimum atomic E-state index is -3.14. The lowest BCUT2D eigenvalue weighted by Gasteiger charge is -2.37. The van der Waals surface area contributed by atoms with Crippen LogP contribution in [0.15, 0.2) is 0 Å². The van der Waals surface area contributed by atoms with Gasteiger partial charge in [-0.05, 0) is 31.1 Å². The molecule has 0 saturated carbocycles. The van der Waals surface area contributed by atoms with E-state index in [4.69, 9.17) is 0 Å². The Morgan fingerprint density at radius 2 is 1.95 bits per heavy atom. The Bertz CT molecular complexity index is 426. The minimum absolute atomic E-state index is 0.00983. The van der Waals surface area contributed by atoms with Crippen LogP contribution in [0.3, 0.4) is 0 Å². The quantitative estimate of drug-likeness (QED) is 0.841. The van der Waals surface area contributed by atoms with Crippen LogP contribution in [0, 0.1) is 5.41 Å². The molecule has 0 radical (unpaired) electrons. The van der Waals surface area contributed by atoms with Crippen molar-refractivity contribution < 1.29 is 13.2 Å². The predicted molar refractivity (Wildman–Crippen MR) is 80.9 cm³/mol. The molecule has 0 bridgehead atoms. The number of nitrogens with one attached hydrogen (secondary N) is 1. The Morgan fingerprint density at radius 3 is 2.50 bits per heavy atom. The first kappa shape index (κ1) is 17.4. The molecular formula is C14H28N2O3S. The van der Waals surface area contributed by atoms with E-state index in [1.807, 2.05) is 4.90 Å². The zero-order valence-electron chi connectivity index (χ0n) is 13.1. The molecule has 0 spiro atoms. The minimum Gasteiger partial charge on any atom is -0.340 e. The maximum absolute atomic E-state index is 12.4. The third kappa shape index (κ3) is 6.70. The van der Waals surface area contributed by atoms with Gasteiger partial charge in [0.2, 0.25) is 15.9 Å². The molecule has 1 rings (SSSR count). The van der Waals surface area contributed by atoms with Crippen molar-refractivity contribution in [1.82, 2.24) is 9.62 Å². The lowest BCUT2D eigenvalue weighted by Crippen LogP contribution is -2.46. The summed E-state index contributed by atoms with van der Waals surface area (Å²) in [6.07, 6.45) is 5.54. The van der Waals surface area contributed by atoms with Crippen LogP contribution in [0.1, 0.15) is 52.9 Å². The van der Waals surface area contributed by atoms with Gasteiger partial charge in [0.25, 0.3) is 0 Å². The van der Waals surface area contributed by atoms with E-state index in [1.165, 1.54) is 0 Å². The Kier molecular flexibility index (Phi) is 6.01. The van der Waals surface area contributed by atoms with Crippen LogP contribution >= 0.6 is 0 Å². The first-order valence-corrected chi connectivity index (χ1v) is 9.22. The summed E-state index contributed by atoms with van der Waals surface area (Å²) in [6.45, 7) is 7.40. The van der Waals surface area contributed by atoms with Crippen molar-refractivity contribution in [2.24, 2.45) is 5.41 Å². The van der Waals surface area contributed by atoms with Gasteiger partial charge in [-0.1, -0.05) is 20.8 Å². The van der Waals surface area contributed by atoms with E-state index in [0.29, 0.717) is 19.4 Å². The predicted octanol–water partition coefficient (Wildman–Crippen LogP) is 1.74. The van der Waals surface area contributed by atoms with E-state index in [-0.39, 0.29) is 17.4 Å². The molecule has 1 unspecified atom stereocenters. The molecule has 1 amide bonds. The molecule has 1 N–H and O–H groups in total. The van der Waals surface area contributed by atoms with E-state index >= 15 is 0 Å². The fourth-order valence-electron chi connectivity index (χ4n) is 2.60. The molecule has 5 nitrogen and oxygen atoms in total. The summed E-state index contributed by atoms with van der Waals surface area (Å²) in [4.78, 5) is 14.3. The van der Waals surface area contributed by atoms with Crippen LogP contribution in [0.5, 0.6) is 0 Å². The number of amides is 1. The zero-order chi connectivity index (χ0) is 15.4. The summed E-state index contributed by atoms with van der Waals surface area (Å²) in [5.74, 6) is 0.196. The average Bonchev–Trinajstić information content (AvgIpc) is 2.25. The number of rotatable bonds is 5. The van der Waals surface area contributed by atoms with Gasteiger partial charge in [-0.25, -0.2) is 13.1 Å². The van der Waals surface area contributed by atoms with Crippen molar-refractivity contribution in [3.63, 3.8) is 0 Å². The van der Waals surface area contributed by atoms with E-state index in [1.54, 1.807) is 0 Å². The lowest BCUT2D eigenvalue weighted by molar-refractivity contribution is -0.136.